The molecule has 1 aromatic carbocycles. The van der Waals surface area contributed by atoms with Crippen LogP contribution in [0.3, 0.4) is 0 Å². The van der Waals surface area contributed by atoms with E-state index >= 15 is 0 Å². The lowest BCUT2D eigenvalue weighted by Crippen LogP contribution is -2.26. The van der Waals surface area contributed by atoms with Gasteiger partial charge in [-0.15, -0.1) is 0 Å². The molecule has 0 bridgehead atoms. The molecule has 1 aromatic rings. The number of rotatable bonds is 5. The van der Waals surface area contributed by atoms with E-state index in [9.17, 15) is 4.79 Å². The molecule has 92 valence electrons. The van der Waals surface area contributed by atoms with E-state index in [2.05, 4.69) is 24.3 Å². The van der Waals surface area contributed by atoms with Gasteiger partial charge < -0.3 is 10.5 Å². The van der Waals surface area contributed by atoms with Crippen molar-refractivity contribution in [3.63, 3.8) is 0 Å². The van der Waals surface area contributed by atoms with Crippen molar-refractivity contribution in [1.82, 2.24) is 0 Å². The van der Waals surface area contributed by atoms with Gasteiger partial charge in [-0.05, 0) is 36.3 Å². The zero-order chi connectivity index (χ0) is 12.3. The Labute approximate surface area is 102 Å². The molecule has 0 aromatic heterocycles. The summed E-state index contributed by atoms with van der Waals surface area (Å²) in [5.41, 5.74) is 8.17. The van der Waals surface area contributed by atoms with E-state index in [0.29, 0.717) is 13.0 Å². The average molecular weight is 233 g/mol. The molecule has 1 saturated carbocycles. The minimum Gasteiger partial charge on any atom is -0.469 e. The maximum absolute atomic E-state index is 11.5. The topological polar surface area (TPSA) is 52.3 Å². The molecule has 0 radical (unpaired) electrons. The molecule has 0 saturated heterocycles. The fraction of sp³-hybridized carbons (Fsp3) is 0.500. The number of carbonyl (C=O) groups excluding carboxylic acids is 1. The van der Waals surface area contributed by atoms with Crippen molar-refractivity contribution in [2.75, 3.05) is 13.7 Å². The van der Waals surface area contributed by atoms with Crippen LogP contribution in [-0.2, 0) is 16.0 Å². The van der Waals surface area contributed by atoms with Gasteiger partial charge in [0.25, 0.3) is 0 Å². The van der Waals surface area contributed by atoms with E-state index in [4.69, 9.17) is 10.5 Å². The highest BCUT2D eigenvalue weighted by atomic mass is 16.5. The van der Waals surface area contributed by atoms with Crippen molar-refractivity contribution in [1.29, 1.82) is 0 Å². The highest BCUT2D eigenvalue weighted by Crippen LogP contribution is 2.40. The predicted molar refractivity (Wildman–Crippen MR) is 66.7 cm³/mol. The van der Waals surface area contributed by atoms with Crippen LogP contribution in [0.15, 0.2) is 24.3 Å². The third-order valence-corrected chi connectivity index (χ3v) is 3.30. The fourth-order valence-electron chi connectivity index (χ4n) is 2.10. The monoisotopic (exact) mass is 233 g/mol. The first kappa shape index (κ1) is 12.1. The molecule has 3 heteroatoms. The Morgan fingerprint density at radius 3 is 2.88 bits per heavy atom. The quantitative estimate of drug-likeness (QED) is 0.790. The number of methoxy groups -OCH3 is 1. The van der Waals surface area contributed by atoms with Crippen LogP contribution in [0.25, 0.3) is 0 Å². The molecule has 1 fully saturated rings. The number of esters is 1. The maximum Gasteiger partial charge on any atom is 0.310 e. The molecule has 0 spiro atoms. The maximum atomic E-state index is 11.5. The van der Waals surface area contributed by atoms with Crippen LogP contribution in [0.5, 0.6) is 0 Å². The predicted octanol–water partition coefficient (Wildman–Crippen LogP) is 1.85. The van der Waals surface area contributed by atoms with Gasteiger partial charge >= 0.3 is 5.97 Å². The highest BCUT2D eigenvalue weighted by molar-refractivity contribution is 5.72. The van der Waals surface area contributed by atoms with Crippen LogP contribution in [0, 0.1) is 5.92 Å². The van der Waals surface area contributed by atoms with Crippen LogP contribution < -0.4 is 5.73 Å². The normalized spacial score (nSPS) is 16.6. The van der Waals surface area contributed by atoms with Gasteiger partial charge in [0.05, 0.1) is 13.0 Å². The number of benzene rings is 1. The van der Waals surface area contributed by atoms with Crippen LogP contribution in [0.1, 0.15) is 29.9 Å². The Kier molecular flexibility index (Phi) is 3.79. The minimum atomic E-state index is -0.227. The molecule has 0 amide bonds. The number of hydrogen-bond donors (Lipinski definition) is 1. The van der Waals surface area contributed by atoms with Gasteiger partial charge in [-0.1, -0.05) is 24.3 Å². The number of hydrogen-bond acceptors (Lipinski definition) is 3. The van der Waals surface area contributed by atoms with Crippen LogP contribution in [0.4, 0.5) is 0 Å². The molecule has 0 heterocycles. The Morgan fingerprint density at radius 2 is 2.29 bits per heavy atom. The largest absolute Gasteiger partial charge is 0.469 e. The van der Waals surface area contributed by atoms with Gasteiger partial charge in [0.15, 0.2) is 0 Å². The van der Waals surface area contributed by atoms with Gasteiger partial charge in [-0.2, -0.15) is 0 Å². The highest BCUT2D eigenvalue weighted by Gasteiger charge is 2.24. The molecule has 2 N–H and O–H groups in total. The van der Waals surface area contributed by atoms with Crippen molar-refractivity contribution >= 4 is 5.97 Å². The van der Waals surface area contributed by atoms with Crippen molar-refractivity contribution in [3.8, 4) is 0 Å². The molecule has 17 heavy (non-hydrogen) atoms. The lowest BCUT2D eigenvalue weighted by atomic mass is 9.97. The van der Waals surface area contributed by atoms with Gasteiger partial charge in [-0.25, -0.2) is 0 Å². The Morgan fingerprint density at radius 1 is 1.53 bits per heavy atom. The van der Waals surface area contributed by atoms with E-state index in [-0.39, 0.29) is 11.9 Å². The van der Waals surface area contributed by atoms with E-state index in [1.165, 1.54) is 31.1 Å². The number of nitrogens with two attached hydrogens (primary N) is 1. The van der Waals surface area contributed by atoms with E-state index < -0.39 is 0 Å². The summed E-state index contributed by atoms with van der Waals surface area (Å²) in [5, 5.41) is 0. The Bertz CT molecular complexity index is 399. The fourth-order valence-corrected chi connectivity index (χ4v) is 2.10. The van der Waals surface area contributed by atoms with E-state index in [1.54, 1.807) is 0 Å². The molecule has 1 atom stereocenters. The van der Waals surface area contributed by atoms with Gasteiger partial charge in [0, 0.05) is 6.54 Å². The summed E-state index contributed by atoms with van der Waals surface area (Å²) in [7, 11) is 1.41. The second-order valence-electron chi connectivity index (χ2n) is 4.68. The molecule has 0 aliphatic heterocycles. The van der Waals surface area contributed by atoms with Crippen LogP contribution in [0.2, 0.25) is 0 Å². The van der Waals surface area contributed by atoms with E-state index in [1.807, 2.05) is 0 Å². The average Bonchev–Trinajstić information content (AvgIpc) is 3.19. The Hall–Kier alpha value is -1.35. The van der Waals surface area contributed by atoms with Gasteiger partial charge in [0.1, 0.15) is 0 Å². The van der Waals surface area contributed by atoms with Crippen molar-refractivity contribution in [2.24, 2.45) is 11.7 Å². The summed E-state index contributed by atoms with van der Waals surface area (Å²) in [6.07, 6.45) is 3.26. The first-order valence-electron chi connectivity index (χ1n) is 6.11. The second-order valence-corrected chi connectivity index (χ2v) is 4.68. The van der Waals surface area contributed by atoms with Crippen LogP contribution in [-0.4, -0.2) is 19.6 Å². The zero-order valence-electron chi connectivity index (χ0n) is 10.2. The summed E-state index contributed by atoms with van der Waals surface area (Å²) >= 11 is 0. The summed E-state index contributed by atoms with van der Waals surface area (Å²) in [6, 6.07) is 8.48. The molecule has 1 unspecified atom stereocenters. The first-order valence-corrected chi connectivity index (χ1v) is 6.11. The summed E-state index contributed by atoms with van der Waals surface area (Å²) in [4.78, 5) is 11.5. The number of carbonyl (C=O) groups is 1. The summed E-state index contributed by atoms with van der Waals surface area (Å²) < 4.78 is 4.75. The molecule has 2 rings (SSSR count). The van der Waals surface area contributed by atoms with Crippen molar-refractivity contribution in [2.45, 2.75) is 25.2 Å². The standard InChI is InChI=1S/C14H19NO2/c1-17-14(16)13(9-15)8-10-3-2-4-12(7-10)11-5-6-11/h2-4,7,11,13H,5-6,8-9,15H2,1H3. The molecule has 1 aliphatic rings. The molecule has 1 aliphatic carbocycles. The van der Waals surface area contributed by atoms with Crippen LogP contribution >= 0.6 is 0 Å². The number of ether oxygens (including phenoxy) is 1. The lowest BCUT2D eigenvalue weighted by Gasteiger charge is -2.12. The van der Waals surface area contributed by atoms with Gasteiger partial charge in [-0.3, -0.25) is 4.79 Å². The van der Waals surface area contributed by atoms with Crippen molar-refractivity contribution in [3.05, 3.63) is 35.4 Å². The minimum absolute atomic E-state index is 0.218. The summed E-state index contributed by atoms with van der Waals surface area (Å²) in [6.45, 7) is 0.334. The molecular weight excluding hydrogens is 214 g/mol. The lowest BCUT2D eigenvalue weighted by molar-refractivity contribution is -0.145. The molecular formula is C14H19NO2. The second kappa shape index (κ2) is 5.32. The zero-order valence-corrected chi connectivity index (χ0v) is 10.2. The summed E-state index contributed by atoms with van der Waals surface area (Å²) in [5.74, 6) is 0.295. The van der Waals surface area contributed by atoms with E-state index in [0.717, 1.165) is 5.92 Å². The smallest absolute Gasteiger partial charge is 0.310 e. The van der Waals surface area contributed by atoms with Crippen molar-refractivity contribution < 1.29 is 9.53 Å². The first-order chi connectivity index (χ1) is 8.24. The van der Waals surface area contributed by atoms with Gasteiger partial charge in [0.2, 0.25) is 0 Å². The third kappa shape index (κ3) is 3.07. The molecule has 3 nitrogen and oxygen atoms in total. The SMILES string of the molecule is COC(=O)C(CN)Cc1cccc(C2CC2)c1. The third-order valence-electron chi connectivity index (χ3n) is 3.30. The Balaban J connectivity index is 2.05.